The van der Waals surface area contributed by atoms with Gasteiger partial charge < -0.3 is 10.3 Å². The quantitative estimate of drug-likeness (QED) is 0.747. The molecule has 2 N–H and O–H groups in total. The molecule has 0 fully saturated rings. The number of carbonyl (C=O) groups is 1. The molecular weight excluding hydrogens is 324 g/mol. The van der Waals surface area contributed by atoms with Crippen LogP contribution < -0.4 is 5.32 Å². The summed E-state index contributed by atoms with van der Waals surface area (Å²) >= 11 is 0. The van der Waals surface area contributed by atoms with Gasteiger partial charge in [-0.05, 0) is 42.3 Å². The third-order valence-corrected chi connectivity index (χ3v) is 4.99. The molecule has 0 atom stereocenters. The Morgan fingerprint density at radius 2 is 1.79 bits per heavy atom. The third-order valence-electron chi connectivity index (χ3n) is 3.86. The van der Waals surface area contributed by atoms with Gasteiger partial charge in [-0.25, -0.2) is 8.42 Å². The molecule has 2 aromatic carbocycles. The second kappa shape index (κ2) is 6.49. The van der Waals surface area contributed by atoms with Crippen molar-refractivity contribution in [1.29, 1.82) is 0 Å². The lowest BCUT2D eigenvalue weighted by Crippen LogP contribution is -2.12. The summed E-state index contributed by atoms with van der Waals surface area (Å²) < 4.78 is 22.8. The van der Waals surface area contributed by atoms with Crippen molar-refractivity contribution in [2.45, 2.75) is 17.7 Å². The predicted octanol–water partition coefficient (Wildman–Crippen LogP) is 3.14. The number of nitrogens with one attached hydrogen (secondary N) is 2. The summed E-state index contributed by atoms with van der Waals surface area (Å²) in [7, 11) is -3.22. The van der Waals surface area contributed by atoms with E-state index in [0.29, 0.717) is 18.5 Å². The third kappa shape index (κ3) is 3.65. The van der Waals surface area contributed by atoms with E-state index in [-0.39, 0.29) is 10.8 Å². The number of sulfone groups is 1. The molecule has 1 amide bonds. The van der Waals surface area contributed by atoms with Crippen molar-refractivity contribution in [3.8, 4) is 0 Å². The Morgan fingerprint density at radius 1 is 1.08 bits per heavy atom. The van der Waals surface area contributed by atoms with Crippen molar-refractivity contribution in [3.63, 3.8) is 0 Å². The minimum atomic E-state index is -3.22. The van der Waals surface area contributed by atoms with E-state index in [0.717, 1.165) is 22.7 Å². The number of hydrogen-bond acceptors (Lipinski definition) is 3. The molecule has 3 aromatic rings. The summed E-state index contributed by atoms with van der Waals surface area (Å²) in [4.78, 5) is 15.5. The normalized spacial score (nSPS) is 11.5. The lowest BCUT2D eigenvalue weighted by Gasteiger charge is -2.06. The van der Waals surface area contributed by atoms with E-state index in [1.54, 1.807) is 12.1 Å². The first-order valence-electron chi connectivity index (χ1n) is 7.58. The molecule has 1 heterocycles. The molecule has 24 heavy (non-hydrogen) atoms. The highest BCUT2D eigenvalue weighted by molar-refractivity contribution is 7.90. The number of aryl methyl sites for hydroxylation is 1. The zero-order valence-electron chi connectivity index (χ0n) is 13.2. The van der Waals surface area contributed by atoms with Crippen LogP contribution in [-0.2, 0) is 21.1 Å². The molecule has 0 bridgehead atoms. The van der Waals surface area contributed by atoms with Crippen molar-refractivity contribution in [2.75, 3.05) is 11.6 Å². The summed E-state index contributed by atoms with van der Waals surface area (Å²) in [6, 6.07) is 14.2. The number of aromatic nitrogens is 1. The highest BCUT2D eigenvalue weighted by Crippen LogP contribution is 2.19. The Bertz CT molecular complexity index is 973. The van der Waals surface area contributed by atoms with Gasteiger partial charge in [0.15, 0.2) is 9.84 Å². The number of benzene rings is 2. The van der Waals surface area contributed by atoms with Crippen LogP contribution in [0.25, 0.3) is 10.9 Å². The van der Waals surface area contributed by atoms with Gasteiger partial charge in [-0.1, -0.05) is 18.2 Å². The average molecular weight is 342 g/mol. The summed E-state index contributed by atoms with van der Waals surface area (Å²) in [6.45, 7) is 0. The van der Waals surface area contributed by atoms with Crippen LogP contribution in [-0.4, -0.2) is 25.6 Å². The molecule has 5 nitrogen and oxygen atoms in total. The van der Waals surface area contributed by atoms with Gasteiger partial charge in [-0.15, -0.1) is 0 Å². The van der Waals surface area contributed by atoms with Gasteiger partial charge in [0, 0.05) is 35.5 Å². The maximum absolute atomic E-state index is 12.1. The molecule has 0 aliphatic rings. The van der Waals surface area contributed by atoms with E-state index in [9.17, 15) is 13.2 Å². The minimum absolute atomic E-state index is 0.104. The van der Waals surface area contributed by atoms with Gasteiger partial charge in [0.05, 0.1) is 4.90 Å². The van der Waals surface area contributed by atoms with E-state index in [1.807, 2.05) is 30.5 Å². The van der Waals surface area contributed by atoms with Crippen LogP contribution in [0.1, 0.15) is 12.0 Å². The van der Waals surface area contributed by atoms with Crippen LogP contribution >= 0.6 is 0 Å². The molecule has 3 rings (SSSR count). The Labute approximate surface area is 140 Å². The van der Waals surface area contributed by atoms with Crippen LogP contribution in [0, 0.1) is 0 Å². The number of rotatable bonds is 5. The van der Waals surface area contributed by atoms with Crippen molar-refractivity contribution < 1.29 is 13.2 Å². The van der Waals surface area contributed by atoms with Crippen LogP contribution in [0.4, 0.5) is 5.69 Å². The average Bonchev–Trinajstić information content (AvgIpc) is 2.96. The standard InChI is InChI=1S/C18H18N2O3S/c1-24(22,23)15-9-7-14(8-10-15)20-18(21)11-6-13-12-19-17-5-3-2-4-16(13)17/h2-5,7-10,12,19H,6,11H2,1H3,(H,20,21). The van der Waals surface area contributed by atoms with Crippen molar-refractivity contribution in [3.05, 3.63) is 60.3 Å². The highest BCUT2D eigenvalue weighted by atomic mass is 32.2. The lowest BCUT2D eigenvalue weighted by atomic mass is 10.1. The minimum Gasteiger partial charge on any atom is -0.361 e. The first-order chi connectivity index (χ1) is 11.4. The molecule has 0 radical (unpaired) electrons. The molecule has 0 saturated heterocycles. The number of amides is 1. The van der Waals surface area contributed by atoms with E-state index in [4.69, 9.17) is 0 Å². The second-order valence-electron chi connectivity index (χ2n) is 5.70. The molecule has 0 spiro atoms. The fraction of sp³-hybridized carbons (Fsp3) is 0.167. The SMILES string of the molecule is CS(=O)(=O)c1ccc(NC(=O)CCc2c[nH]c3ccccc23)cc1. The van der Waals surface area contributed by atoms with Crippen molar-refractivity contribution in [2.24, 2.45) is 0 Å². The molecule has 0 saturated carbocycles. The van der Waals surface area contributed by atoms with Gasteiger partial charge in [0.2, 0.25) is 5.91 Å². The highest BCUT2D eigenvalue weighted by Gasteiger charge is 2.09. The molecule has 0 unspecified atom stereocenters. The number of H-pyrrole nitrogens is 1. The predicted molar refractivity (Wildman–Crippen MR) is 94.8 cm³/mol. The Hall–Kier alpha value is -2.60. The first kappa shape index (κ1) is 16.3. The van der Waals surface area contributed by atoms with Gasteiger partial charge in [-0.2, -0.15) is 0 Å². The summed E-state index contributed by atoms with van der Waals surface area (Å²) in [6.07, 6.45) is 4.08. The Kier molecular flexibility index (Phi) is 4.40. The van der Waals surface area contributed by atoms with Crippen LogP contribution in [0.3, 0.4) is 0 Å². The van der Waals surface area contributed by atoms with Gasteiger partial charge in [0.25, 0.3) is 0 Å². The first-order valence-corrected chi connectivity index (χ1v) is 9.47. The Morgan fingerprint density at radius 3 is 2.50 bits per heavy atom. The van der Waals surface area contributed by atoms with Crippen LogP contribution in [0.2, 0.25) is 0 Å². The monoisotopic (exact) mass is 342 g/mol. The van der Waals surface area contributed by atoms with Crippen LogP contribution in [0.5, 0.6) is 0 Å². The number of hydrogen-bond donors (Lipinski definition) is 2. The lowest BCUT2D eigenvalue weighted by molar-refractivity contribution is -0.116. The number of anilines is 1. The largest absolute Gasteiger partial charge is 0.361 e. The zero-order chi connectivity index (χ0) is 17.2. The van der Waals surface area contributed by atoms with E-state index in [1.165, 1.54) is 12.1 Å². The molecule has 0 aliphatic heterocycles. The fourth-order valence-corrected chi connectivity index (χ4v) is 3.23. The maximum Gasteiger partial charge on any atom is 0.224 e. The number of para-hydroxylation sites is 1. The number of aromatic amines is 1. The van der Waals surface area contributed by atoms with Gasteiger partial charge >= 0.3 is 0 Å². The van der Waals surface area contributed by atoms with E-state index < -0.39 is 9.84 Å². The molecule has 0 aliphatic carbocycles. The molecule has 6 heteroatoms. The fourth-order valence-electron chi connectivity index (χ4n) is 2.60. The maximum atomic E-state index is 12.1. The van der Waals surface area contributed by atoms with E-state index >= 15 is 0 Å². The summed E-state index contributed by atoms with van der Waals surface area (Å²) in [5.41, 5.74) is 2.75. The van der Waals surface area contributed by atoms with Gasteiger partial charge in [-0.3, -0.25) is 4.79 Å². The smallest absolute Gasteiger partial charge is 0.224 e. The zero-order valence-corrected chi connectivity index (χ0v) is 14.1. The Balaban J connectivity index is 1.62. The van der Waals surface area contributed by atoms with Crippen molar-refractivity contribution in [1.82, 2.24) is 4.98 Å². The van der Waals surface area contributed by atoms with Crippen LogP contribution in [0.15, 0.2) is 59.6 Å². The topological polar surface area (TPSA) is 79.0 Å². The van der Waals surface area contributed by atoms with E-state index in [2.05, 4.69) is 10.3 Å². The summed E-state index contributed by atoms with van der Waals surface area (Å²) in [5, 5.41) is 3.91. The molecule has 124 valence electrons. The van der Waals surface area contributed by atoms with Gasteiger partial charge in [0.1, 0.15) is 0 Å². The number of fused-ring (bicyclic) bond motifs is 1. The molecular formula is C18H18N2O3S. The molecule has 1 aromatic heterocycles. The number of carbonyl (C=O) groups excluding carboxylic acids is 1. The van der Waals surface area contributed by atoms with Crippen molar-refractivity contribution >= 4 is 32.3 Å². The second-order valence-corrected chi connectivity index (χ2v) is 7.72. The summed E-state index contributed by atoms with van der Waals surface area (Å²) in [5.74, 6) is -0.104.